The van der Waals surface area contributed by atoms with Crippen molar-refractivity contribution in [2.24, 2.45) is 0 Å². The van der Waals surface area contributed by atoms with Crippen molar-refractivity contribution in [3.8, 4) is 0 Å². The molecule has 0 aromatic heterocycles. The van der Waals surface area contributed by atoms with Crippen molar-refractivity contribution in [1.29, 1.82) is 0 Å². The third-order valence-corrected chi connectivity index (χ3v) is 5.53. The van der Waals surface area contributed by atoms with Crippen molar-refractivity contribution in [2.45, 2.75) is 19.0 Å². The van der Waals surface area contributed by atoms with Gasteiger partial charge in [0.2, 0.25) is 11.8 Å². The summed E-state index contributed by atoms with van der Waals surface area (Å²) in [6, 6.07) is 19.7. The van der Waals surface area contributed by atoms with E-state index in [1.807, 2.05) is 67.6 Å². The Labute approximate surface area is 172 Å². The summed E-state index contributed by atoms with van der Waals surface area (Å²) in [5.74, 6) is 0.0419. The van der Waals surface area contributed by atoms with Crippen molar-refractivity contribution in [2.75, 3.05) is 39.8 Å². The normalized spacial score (nSPS) is 16.4. The quantitative estimate of drug-likeness (QED) is 0.750. The number of piperazine rings is 1. The molecule has 6 heteroatoms. The Morgan fingerprint density at radius 1 is 0.897 bits per heavy atom. The summed E-state index contributed by atoms with van der Waals surface area (Å²) < 4.78 is 0. The molecule has 2 aromatic carbocycles. The Morgan fingerprint density at radius 3 is 1.90 bits per heavy atom. The molecule has 2 aromatic rings. The van der Waals surface area contributed by atoms with Gasteiger partial charge in [-0.15, -0.1) is 0 Å². The van der Waals surface area contributed by atoms with Gasteiger partial charge in [-0.25, -0.2) is 0 Å². The van der Waals surface area contributed by atoms with Crippen LogP contribution in [-0.4, -0.2) is 67.4 Å². The molecule has 1 saturated heterocycles. The lowest BCUT2D eigenvalue weighted by Crippen LogP contribution is -2.55. The lowest BCUT2D eigenvalue weighted by Gasteiger charge is -2.37. The summed E-state index contributed by atoms with van der Waals surface area (Å²) in [7, 11) is 1.65. The molecule has 1 aliphatic rings. The van der Waals surface area contributed by atoms with Crippen LogP contribution in [0.1, 0.15) is 24.1 Å². The average Bonchev–Trinajstić information content (AvgIpc) is 2.78. The minimum atomic E-state index is -0.230. The maximum Gasteiger partial charge on any atom is 0.237 e. The van der Waals surface area contributed by atoms with Crippen LogP contribution in [-0.2, 0) is 9.59 Å². The fraction of sp³-hybridized carbons (Fsp3) is 0.391. The van der Waals surface area contributed by atoms with Gasteiger partial charge in [0.1, 0.15) is 0 Å². The highest BCUT2D eigenvalue weighted by Gasteiger charge is 2.28. The smallest absolute Gasteiger partial charge is 0.237 e. The van der Waals surface area contributed by atoms with Gasteiger partial charge < -0.3 is 10.6 Å². The third-order valence-electron chi connectivity index (χ3n) is 5.53. The molecule has 1 fully saturated rings. The van der Waals surface area contributed by atoms with Crippen molar-refractivity contribution in [3.63, 3.8) is 0 Å². The lowest BCUT2D eigenvalue weighted by atomic mass is 9.98. The molecule has 1 aliphatic heterocycles. The van der Waals surface area contributed by atoms with Gasteiger partial charge in [-0.1, -0.05) is 60.7 Å². The number of benzene rings is 2. The zero-order valence-corrected chi connectivity index (χ0v) is 17.2. The lowest BCUT2D eigenvalue weighted by molar-refractivity contribution is -0.128. The molecule has 29 heavy (non-hydrogen) atoms. The van der Waals surface area contributed by atoms with Gasteiger partial charge in [-0.05, 0) is 18.1 Å². The van der Waals surface area contributed by atoms with E-state index >= 15 is 0 Å². The van der Waals surface area contributed by atoms with Crippen molar-refractivity contribution in [3.05, 3.63) is 71.8 Å². The first-order chi connectivity index (χ1) is 14.1. The van der Waals surface area contributed by atoms with Crippen molar-refractivity contribution in [1.82, 2.24) is 20.4 Å². The monoisotopic (exact) mass is 394 g/mol. The van der Waals surface area contributed by atoms with Crippen LogP contribution in [0, 0.1) is 0 Å². The number of likely N-dealkylation sites (N-methyl/N-ethyl adjacent to an activating group) is 1. The van der Waals surface area contributed by atoms with E-state index in [-0.39, 0.29) is 23.9 Å². The summed E-state index contributed by atoms with van der Waals surface area (Å²) in [6.07, 6.45) is 0. The topological polar surface area (TPSA) is 64.7 Å². The SMILES string of the molecule is CNC(=O)CN1CCN([C@@H](C)C(=O)NC(c2ccccc2)c2ccccc2)CC1. The van der Waals surface area contributed by atoms with Crippen LogP contribution in [0.15, 0.2) is 60.7 Å². The molecular weight excluding hydrogens is 364 g/mol. The molecule has 1 atom stereocenters. The highest BCUT2D eigenvalue weighted by molar-refractivity contribution is 5.82. The number of carbonyl (C=O) groups excluding carboxylic acids is 2. The maximum absolute atomic E-state index is 13.1. The molecule has 2 N–H and O–H groups in total. The molecule has 3 rings (SSSR count). The molecule has 2 amide bonds. The molecule has 0 bridgehead atoms. The van der Waals surface area contributed by atoms with Crippen LogP contribution in [0.4, 0.5) is 0 Å². The molecule has 1 heterocycles. The van der Waals surface area contributed by atoms with Gasteiger partial charge >= 0.3 is 0 Å². The largest absolute Gasteiger partial charge is 0.358 e. The molecule has 0 saturated carbocycles. The summed E-state index contributed by atoms with van der Waals surface area (Å²) in [4.78, 5) is 28.9. The van der Waals surface area contributed by atoms with Gasteiger partial charge in [0.05, 0.1) is 18.6 Å². The molecule has 0 spiro atoms. The van der Waals surface area contributed by atoms with E-state index in [1.165, 1.54) is 0 Å². The first-order valence-corrected chi connectivity index (χ1v) is 10.2. The zero-order chi connectivity index (χ0) is 20.6. The van der Waals surface area contributed by atoms with Crippen LogP contribution in [0.3, 0.4) is 0 Å². The number of nitrogens with one attached hydrogen (secondary N) is 2. The Balaban J connectivity index is 1.63. The summed E-state index contributed by atoms with van der Waals surface area (Å²) in [6.45, 7) is 5.48. The van der Waals surface area contributed by atoms with Crippen LogP contribution < -0.4 is 10.6 Å². The highest BCUT2D eigenvalue weighted by atomic mass is 16.2. The second-order valence-electron chi connectivity index (χ2n) is 7.42. The Morgan fingerprint density at radius 2 is 1.41 bits per heavy atom. The number of amides is 2. The van der Waals surface area contributed by atoms with Crippen LogP contribution >= 0.6 is 0 Å². The van der Waals surface area contributed by atoms with E-state index in [9.17, 15) is 9.59 Å². The third kappa shape index (κ3) is 5.65. The second kappa shape index (κ2) is 10.2. The van der Waals surface area contributed by atoms with E-state index < -0.39 is 0 Å². The number of nitrogens with zero attached hydrogens (tertiary/aromatic N) is 2. The summed E-state index contributed by atoms with van der Waals surface area (Å²) in [5, 5.41) is 5.90. The standard InChI is InChI=1S/C23H30N4O2/c1-18(27-15-13-26(14-16-27)17-21(28)24-2)23(29)25-22(19-9-5-3-6-10-19)20-11-7-4-8-12-20/h3-12,18,22H,13-17H2,1-2H3,(H,24,28)(H,25,29)/t18-/m0/s1. The Kier molecular flexibility index (Phi) is 7.38. The van der Waals surface area contributed by atoms with Crippen LogP contribution in [0.5, 0.6) is 0 Å². The summed E-state index contributed by atoms with van der Waals surface area (Å²) in [5.41, 5.74) is 2.13. The number of carbonyl (C=O) groups is 2. The molecule has 6 nitrogen and oxygen atoms in total. The van der Waals surface area contributed by atoms with E-state index in [2.05, 4.69) is 20.4 Å². The van der Waals surface area contributed by atoms with Gasteiger partial charge in [-0.2, -0.15) is 0 Å². The first kappa shape index (κ1) is 21.0. The van der Waals surface area contributed by atoms with E-state index in [1.54, 1.807) is 7.05 Å². The minimum Gasteiger partial charge on any atom is -0.358 e. The van der Waals surface area contributed by atoms with Crippen molar-refractivity contribution < 1.29 is 9.59 Å². The van der Waals surface area contributed by atoms with Crippen LogP contribution in [0.25, 0.3) is 0 Å². The van der Waals surface area contributed by atoms with Crippen molar-refractivity contribution >= 4 is 11.8 Å². The molecule has 0 aliphatic carbocycles. The van der Waals surface area contributed by atoms with Gasteiger partial charge in [0, 0.05) is 33.2 Å². The fourth-order valence-electron chi connectivity index (χ4n) is 3.67. The van der Waals surface area contributed by atoms with Gasteiger partial charge in [-0.3, -0.25) is 19.4 Å². The average molecular weight is 395 g/mol. The molecule has 0 radical (unpaired) electrons. The number of hydrogen-bond acceptors (Lipinski definition) is 4. The zero-order valence-electron chi connectivity index (χ0n) is 17.2. The minimum absolute atomic E-state index is 0.0162. The van der Waals surface area contributed by atoms with E-state index in [0.29, 0.717) is 6.54 Å². The molecule has 0 unspecified atom stereocenters. The second-order valence-corrected chi connectivity index (χ2v) is 7.42. The predicted octanol–water partition coefficient (Wildman–Crippen LogP) is 1.64. The van der Waals surface area contributed by atoms with E-state index in [0.717, 1.165) is 37.3 Å². The molecular formula is C23H30N4O2. The number of rotatable bonds is 7. The van der Waals surface area contributed by atoms with Gasteiger partial charge in [0.25, 0.3) is 0 Å². The molecule has 154 valence electrons. The number of hydrogen-bond donors (Lipinski definition) is 2. The highest BCUT2D eigenvalue weighted by Crippen LogP contribution is 2.22. The van der Waals surface area contributed by atoms with E-state index in [4.69, 9.17) is 0 Å². The summed E-state index contributed by atoms with van der Waals surface area (Å²) >= 11 is 0. The van der Waals surface area contributed by atoms with Crippen LogP contribution in [0.2, 0.25) is 0 Å². The Hall–Kier alpha value is -2.70. The fourth-order valence-corrected chi connectivity index (χ4v) is 3.67. The van der Waals surface area contributed by atoms with Gasteiger partial charge in [0.15, 0.2) is 0 Å². The predicted molar refractivity (Wildman–Crippen MR) is 114 cm³/mol. The maximum atomic E-state index is 13.1. The first-order valence-electron chi connectivity index (χ1n) is 10.2. The Bertz CT molecular complexity index is 750.